The Balaban J connectivity index is 1.90. The molecule has 22 heavy (non-hydrogen) atoms. The molecule has 0 saturated carbocycles. The topological polar surface area (TPSA) is 91.3 Å². The Morgan fingerprint density at radius 3 is 2.55 bits per heavy atom. The summed E-state index contributed by atoms with van der Waals surface area (Å²) in [5.74, 6) is -0.728. The molecule has 0 aliphatic carbocycles. The van der Waals surface area contributed by atoms with Gasteiger partial charge in [-0.25, -0.2) is 14.6 Å². The van der Waals surface area contributed by atoms with Gasteiger partial charge in [-0.05, 0) is 23.6 Å². The summed E-state index contributed by atoms with van der Waals surface area (Å²) < 4.78 is 0. The van der Waals surface area contributed by atoms with Crippen molar-refractivity contribution in [2.75, 3.05) is 5.32 Å². The van der Waals surface area contributed by atoms with Crippen LogP contribution in [0.5, 0.6) is 0 Å². The summed E-state index contributed by atoms with van der Waals surface area (Å²) in [5, 5.41) is 15.1. The molecule has 0 spiro atoms. The number of hydrogen-bond acceptors (Lipinski definition) is 4. The molecule has 0 saturated heterocycles. The van der Waals surface area contributed by atoms with Gasteiger partial charge in [-0.2, -0.15) is 0 Å². The number of aromatic nitrogens is 1. The van der Waals surface area contributed by atoms with Gasteiger partial charge in [-0.15, -0.1) is 11.3 Å². The summed E-state index contributed by atoms with van der Waals surface area (Å²) in [7, 11) is 0. The van der Waals surface area contributed by atoms with Gasteiger partial charge in [0.1, 0.15) is 5.00 Å². The summed E-state index contributed by atoms with van der Waals surface area (Å²) in [6.07, 6.45) is 0. The lowest BCUT2D eigenvalue weighted by atomic mass is 10.1. The fourth-order valence-corrected chi connectivity index (χ4v) is 2.69. The molecule has 0 bridgehead atoms. The number of urea groups is 1. The monoisotopic (exact) mass is 319 g/mol. The maximum atomic E-state index is 11.9. The van der Waals surface area contributed by atoms with Crippen LogP contribution in [-0.2, 0) is 6.54 Å². The number of carbonyl (C=O) groups is 2. The molecule has 6 nitrogen and oxygen atoms in total. The largest absolute Gasteiger partial charge is 0.478 e. The minimum absolute atomic E-state index is 0.222. The number of nitrogens with zero attached hydrogens (tertiary/aromatic N) is 1. The summed E-state index contributed by atoms with van der Waals surface area (Å²) >= 11 is 1.38. The van der Waals surface area contributed by atoms with Crippen LogP contribution in [0.3, 0.4) is 0 Å². The third-order valence-electron chi connectivity index (χ3n) is 3.02. The second-order valence-corrected chi connectivity index (χ2v) is 5.89. The van der Waals surface area contributed by atoms with E-state index < -0.39 is 5.97 Å². The number of benzene rings is 1. The van der Waals surface area contributed by atoms with E-state index in [2.05, 4.69) is 15.6 Å². The average Bonchev–Trinajstić information content (AvgIpc) is 2.94. The van der Waals surface area contributed by atoms with Gasteiger partial charge in [0.2, 0.25) is 0 Å². The third kappa shape index (κ3) is 4.05. The van der Waals surface area contributed by atoms with E-state index in [1.807, 2.05) is 13.8 Å². The van der Waals surface area contributed by atoms with E-state index in [1.165, 1.54) is 23.5 Å². The van der Waals surface area contributed by atoms with Crippen LogP contribution >= 0.6 is 11.3 Å². The van der Waals surface area contributed by atoms with Crippen molar-refractivity contribution in [1.29, 1.82) is 0 Å². The molecule has 0 aliphatic heterocycles. The van der Waals surface area contributed by atoms with Crippen molar-refractivity contribution in [3.63, 3.8) is 0 Å². The van der Waals surface area contributed by atoms with Gasteiger partial charge in [0.05, 0.1) is 16.8 Å². The van der Waals surface area contributed by atoms with Crippen molar-refractivity contribution in [2.45, 2.75) is 26.3 Å². The quantitative estimate of drug-likeness (QED) is 0.788. The van der Waals surface area contributed by atoms with Crippen LogP contribution in [-0.4, -0.2) is 22.1 Å². The Morgan fingerprint density at radius 1 is 1.27 bits per heavy atom. The van der Waals surface area contributed by atoms with Crippen LogP contribution in [0.25, 0.3) is 0 Å². The summed E-state index contributed by atoms with van der Waals surface area (Å²) in [4.78, 5) is 26.9. The second kappa shape index (κ2) is 7.04. The van der Waals surface area contributed by atoms with Gasteiger partial charge in [0, 0.05) is 6.54 Å². The second-order valence-electron chi connectivity index (χ2n) is 5.03. The first-order valence-electron chi connectivity index (χ1n) is 6.78. The Morgan fingerprint density at radius 2 is 1.95 bits per heavy atom. The molecule has 2 rings (SSSR count). The molecule has 3 N–H and O–H groups in total. The zero-order chi connectivity index (χ0) is 16.1. The highest BCUT2D eigenvalue weighted by Gasteiger charge is 2.12. The van der Waals surface area contributed by atoms with Crippen molar-refractivity contribution in [1.82, 2.24) is 10.3 Å². The molecule has 0 fully saturated rings. The lowest BCUT2D eigenvalue weighted by Gasteiger charge is -2.09. The Labute approximate surface area is 132 Å². The molecule has 0 unspecified atom stereocenters. The number of nitrogens with one attached hydrogen (secondary N) is 2. The molecule has 1 heterocycles. The molecule has 2 aromatic rings. The molecule has 1 aromatic heterocycles. The number of anilines is 1. The maximum absolute atomic E-state index is 11.9. The lowest BCUT2D eigenvalue weighted by Crippen LogP contribution is -2.28. The molecule has 7 heteroatoms. The van der Waals surface area contributed by atoms with Crippen molar-refractivity contribution < 1.29 is 14.7 Å². The number of amides is 2. The van der Waals surface area contributed by atoms with Crippen LogP contribution in [0.2, 0.25) is 0 Å². The van der Waals surface area contributed by atoms with E-state index in [0.717, 1.165) is 16.3 Å². The molecule has 0 aliphatic rings. The van der Waals surface area contributed by atoms with Gasteiger partial charge in [0.25, 0.3) is 0 Å². The Kier molecular flexibility index (Phi) is 5.11. The van der Waals surface area contributed by atoms with Crippen LogP contribution in [0, 0.1) is 0 Å². The van der Waals surface area contributed by atoms with Gasteiger partial charge in [-0.1, -0.05) is 26.0 Å². The zero-order valence-electron chi connectivity index (χ0n) is 12.3. The predicted molar refractivity (Wildman–Crippen MR) is 85.5 cm³/mol. The van der Waals surface area contributed by atoms with Crippen molar-refractivity contribution in [3.8, 4) is 0 Å². The number of aromatic carboxylic acids is 1. The fraction of sp³-hybridized carbons (Fsp3) is 0.267. The highest BCUT2D eigenvalue weighted by molar-refractivity contribution is 7.14. The summed E-state index contributed by atoms with van der Waals surface area (Å²) in [5.41, 5.74) is 3.62. The molecule has 0 radical (unpaired) electrons. The van der Waals surface area contributed by atoms with E-state index in [4.69, 9.17) is 5.11 Å². The highest BCUT2D eigenvalue weighted by atomic mass is 32.1. The average molecular weight is 319 g/mol. The first-order chi connectivity index (χ1) is 10.5. The van der Waals surface area contributed by atoms with Crippen LogP contribution in [0.4, 0.5) is 9.80 Å². The standard InChI is InChI=1S/C15H17N3O3S/c1-9(2)12-13(22-8-17-12)18-15(21)16-7-10-3-5-11(6-4-10)14(19)20/h3-6,8-9H,7H2,1-2H3,(H,19,20)(H2,16,18,21). The molecule has 0 atom stereocenters. The van der Waals surface area contributed by atoms with Crippen LogP contribution in [0.1, 0.15) is 41.4 Å². The maximum Gasteiger partial charge on any atom is 0.335 e. The van der Waals surface area contributed by atoms with Crippen LogP contribution in [0.15, 0.2) is 29.8 Å². The molecule has 1 aromatic carbocycles. The van der Waals surface area contributed by atoms with Crippen molar-refractivity contribution in [2.24, 2.45) is 0 Å². The minimum atomic E-state index is -0.969. The lowest BCUT2D eigenvalue weighted by molar-refractivity contribution is 0.0697. The van der Waals surface area contributed by atoms with E-state index >= 15 is 0 Å². The summed E-state index contributed by atoms with van der Waals surface area (Å²) in [6.45, 7) is 4.35. The number of carboxylic acids is 1. The van der Waals surface area contributed by atoms with Crippen molar-refractivity contribution in [3.05, 3.63) is 46.6 Å². The Bertz CT molecular complexity index is 665. The fourth-order valence-electron chi connectivity index (χ4n) is 1.85. The van der Waals surface area contributed by atoms with Gasteiger partial charge in [-0.3, -0.25) is 5.32 Å². The smallest absolute Gasteiger partial charge is 0.335 e. The van der Waals surface area contributed by atoms with E-state index in [0.29, 0.717) is 6.54 Å². The van der Waals surface area contributed by atoms with Gasteiger partial charge in [0.15, 0.2) is 0 Å². The zero-order valence-corrected chi connectivity index (χ0v) is 13.1. The number of hydrogen-bond donors (Lipinski definition) is 3. The highest BCUT2D eigenvalue weighted by Crippen LogP contribution is 2.26. The Hall–Kier alpha value is -2.41. The predicted octanol–water partition coefficient (Wildman–Crippen LogP) is 3.29. The van der Waals surface area contributed by atoms with Gasteiger partial charge >= 0.3 is 12.0 Å². The first kappa shape index (κ1) is 16.0. The SMILES string of the molecule is CC(C)c1ncsc1NC(=O)NCc1ccc(C(=O)O)cc1. The normalized spacial score (nSPS) is 10.5. The molecule has 2 amide bonds. The van der Waals surface area contributed by atoms with Gasteiger partial charge < -0.3 is 10.4 Å². The number of rotatable bonds is 5. The molecule has 116 valence electrons. The van der Waals surface area contributed by atoms with Crippen molar-refractivity contribution >= 4 is 28.3 Å². The summed E-state index contributed by atoms with van der Waals surface area (Å²) in [6, 6.07) is 6.06. The van der Waals surface area contributed by atoms with E-state index in [-0.39, 0.29) is 17.5 Å². The number of carbonyl (C=O) groups excluding carboxylic acids is 1. The number of thiazole rings is 1. The molecular formula is C15H17N3O3S. The van der Waals surface area contributed by atoms with E-state index in [9.17, 15) is 9.59 Å². The number of carboxylic acid groups (broad SMARTS) is 1. The third-order valence-corrected chi connectivity index (χ3v) is 3.78. The molecular weight excluding hydrogens is 302 g/mol. The minimum Gasteiger partial charge on any atom is -0.478 e. The van der Waals surface area contributed by atoms with E-state index in [1.54, 1.807) is 17.6 Å². The van der Waals surface area contributed by atoms with Crippen LogP contribution < -0.4 is 10.6 Å². The first-order valence-corrected chi connectivity index (χ1v) is 7.65.